The van der Waals surface area contributed by atoms with E-state index in [4.69, 9.17) is 30.1 Å². The van der Waals surface area contributed by atoms with Gasteiger partial charge < -0.3 is 24.4 Å². The van der Waals surface area contributed by atoms with Crippen LogP contribution in [0, 0.1) is 5.92 Å². The molecule has 5 atom stereocenters. The van der Waals surface area contributed by atoms with Crippen molar-refractivity contribution >= 4 is 42.3 Å². The van der Waals surface area contributed by atoms with Crippen LogP contribution in [0.2, 0.25) is 5.02 Å². The summed E-state index contributed by atoms with van der Waals surface area (Å²) in [5.74, 6) is -0.683. The van der Waals surface area contributed by atoms with Gasteiger partial charge in [0.15, 0.2) is 11.2 Å². The van der Waals surface area contributed by atoms with Gasteiger partial charge in [0.1, 0.15) is 36.0 Å². The Hall–Kier alpha value is -3.66. The average Bonchev–Trinajstić information content (AvgIpc) is 3.72. The number of halogens is 4. The van der Waals surface area contributed by atoms with Gasteiger partial charge in [-0.1, -0.05) is 36.7 Å². The summed E-state index contributed by atoms with van der Waals surface area (Å²) in [5.41, 5.74) is -1.66. The van der Waals surface area contributed by atoms with Crippen molar-refractivity contribution in [3.63, 3.8) is 0 Å². The molecular formula is C30H33ClF3N6O7P. The van der Waals surface area contributed by atoms with Crippen molar-refractivity contribution in [3.8, 4) is 5.75 Å². The van der Waals surface area contributed by atoms with Gasteiger partial charge in [-0.05, 0) is 49.6 Å². The third-order valence-corrected chi connectivity index (χ3v) is 10.5. The lowest BCUT2D eigenvalue weighted by atomic mass is 9.78. The highest BCUT2D eigenvalue weighted by Crippen LogP contribution is 2.51. The molecule has 3 heterocycles. The average molecular weight is 713 g/mol. The van der Waals surface area contributed by atoms with Crippen molar-refractivity contribution < 1.29 is 46.2 Å². The Balaban J connectivity index is 1.20. The molecule has 2 aliphatic rings. The molecular weight excluding hydrogens is 680 g/mol. The molecule has 0 amide bonds. The summed E-state index contributed by atoms with van der Waals surface area (Å²) in [5, 5.41) is 24.3. The molecule has 2 aromatic carbocycles. The molecule has 1 aliphatic carbocycles. The molecule has 13 nitrogen and oxygen atoms in total. The Morgan fingerprint density at radius 1 is 1.23 bits per heavy atom. The van der Waals surface area contributed by atoms with Gasteiger partial charge in [0.2, 0.25) is 0 Å². The monoisotopic (exact) mass is 712 g/mol. The number of fused-ring (bicyclic) bond motifs is 1. The first kappa shape index (κ1) is 34.2. The van der Waals surface area contributed by atoms with Crippen molar-refractivity contribution in [3.05, 3.63) is 71.0 Å². The molecule has 4 aromatic rings. The number of nitrogens with zero attached hydrogens (tertiary/aromatic N) is 3. The lowest BCUT2D eigenvalue weighted by Gasteiger charge is -2.41. The minimum Gasteiger partial charge on any atom is -0.459 e. The van der Waals surface area contributed by atoms with Gasteiger partial charge in [-0.2, -0.15) is 23.4 Å². The van der Waals surface area contributed by atoms with E-state index in [2.05, 4.69) is 25.6 Å². The van der Waals surface area contributed by atoms with Crippen molar-refractivity contribution in [2.75, 3.05) is 19.0 Å². The Morgan fingerprint density at radius 3 is 2.62 bits per heavy atom. The summed E-state index contributed by atoms with van der Waals surface area (Å²) in [6.45, 7) is 0.686. The summed E-state index contributed by atoms with van der Waals surface area (Å²) < 4.78 is 79.8. The smallest absolute Gasteiger partial charge is 0.459 e. The second kappa shape index (κ2) is 13.3. The van der Waals surface area contributed by atoms with E-state index in [-0.39, 0.29) is 24.2 Å². The molecule has 4 N–H and O–H groups in total. The summed E-state index contributed by atoms with van der Waals surface area (Å²) >= 11 is 6.00. The Bertz CT molecular complexity index is 1820. The lowest BCUT2D eigenvalue weighted by molar-refractivity contribution is -0.157. The Kier molecular flexibility index (Phi) is 9.50. The molecule has 2 fully saturated rings. The second-order valence-electron chi connectivity index (χ2n) is 11.7. The minimum atomic E-state index is -4.65. The molecule has 2 aromatic heterocycles. The van der Waals surface area contributed by atoms with Crippen LogP contribution in [0.1, 0.15) is 43.5 Å². The molecule has 4 unspecified atom stereocenters. The van der Waals surface area contributed by atoms with Gasteiger partial charge in [0.05, 0.1) is 24.6 Å². The standard InChI is InChI=1S/C30H33ClF3N6O7P/c1-17-24(41)22(46-27(17)40-16-36-23-25(35-2)37-38-26(23)40)15-45-48(43,47-20-10-8-19(31)9-11-20)39-29(12-5-13-29)28(42)44-14-18-6-3-4-7-21(18)30(32,33)34/h3-4,6-11,16-17,22,24,27,41H,5,12-15H2,1-2H3,(H,39,43)(H2,35,37,38)/t17?,22?,24-,27?,48?/m0/s1. The Labute approximate surface area is 277 Å². The van der Waals surface area contributed by atoms with Crippen LogP contribution >= 0.6 is 19.3 Å². The first-order chi connectivity index (χ1) is 22.8. The molecule has 0 spiro atoms. The summed E-state index contributed by atoms with van der Waals surface area (Å²) in [6, 6.07) is 10.7. The number of H-pyrrole nitrogens is 1. The molecule has 258 valence electrons. The fourth-order valence-electron chi connectivity index (χ4n) is 5.76. The van der Waals surface area contributed by atoms with E-state index in [0.29, 0.717) is 28.4 Å². The topological polar surface area (TPSA) is 162 Å². The van der Waals surface area contributed by atoms with Crippen LogP contribution in [-0.2, 0) is 36.1 Å². The highest BCUT2D eigenvalue weighted by atomic mass is 35.5. The molecule has 48 heavy (non-hydrogen) atoms. The number of esters is 1. The summed E-state index contributed by atoms with van der Waals surface area (Å²) in [4.78, 5) is 17.8. The number of ether oxygens (including phenoxy) is 2. The van der Waals surface area contributed by atoms with E-state index in [1.54, 1.807) is 24.9 Å². The minimum absolute atomic E-state index is 0.0935. The largest absolute Gasteiger partial charge is 0.459 e. The maximum Gasteiger partial charge on any atom is 0.459 e. The fraction of sp³-hybridized carbons (Fsp3) is 0.433. The fourth-order valence-corrected chi connectivity index (χ4v) is 7.63. The molecule has 0 bridgehead atoms. The number of aliphatic hydroxyl groups excluding tert-OH is 1. The highest BCUT2D eigenvalue weighted by molar-refractivity contribution is 7.52. The molecule has 1 saturated carbocycles. The first-order valence-corrected chi connectivity index (χ1v) is 17.0. The second-order valence-corrected chi connectivity index (χ2v) is 13.8. The van der Waals surface area contributed by atoms with Gasteiger partial charge in [-0.25, -0.2) is 9.55 Å². The van der Waals surface area contributed by atoms with Crippen molar-refractivity contribution in [1.29, 1.82) is 0 Å². The van der Waals surface area contributed by atoms with Gasteiger partial charge in [0, 0.05) is 23.6 Å². The van der Waals surface area contributed by atoms with Gasteiger partial charge in [0.25, 0.3) is 0 Å². The predicted molar refractivity (Wildman–Crippen MR) is 167 cm³/mol. The zero-order valence-electron chi connectivity index (χ0n) is 25.7. The molecule has 1 saturated heterocycles. The molecule has 0 radical (unpaired) electrons. The van der Waals surface area contributed by atoms with Crippen molar-refractivity contribution in [1.82, 2.24) is 24.8 Å². The maximum absolute atomic E-state index is 14.4. The predicted octanol–water partition coefficient (Wildman–Crippen LogP) is 5.83. The van der Waals surface area contributed by atoms with Crippen LogP contribution < -0.4 is 14.9 Å². The van der Waals surface area contributed by atoms with E-state index in [1.807, 2.05) is 0 Å². The first-order valence-electron chi connectivity index (χ1n) is 15.1. The van der Waals surface area contributed by atoms with Gasteiger partial charge in [-0.3, -0.25) is 19.0 Å². The number of carbonyl (C=O) groups excluding carboxylic acids is 1. The third-order valence-electron chi connectivity index (χ3n) is 8.56. The molecule has 1 aliphatic heterocycles. The number of anilines is 1. The normalized spacial score (nSPS) is 23.4. The lowest BCUT2D eigenvalue weighted by Crippen LogP contribution is -2.57. The van der Waals surface area contributed by atoms with Crippen LogP contribution in [-0.4, -0.2) is 62.2 Å². The number of aliphatic hydroxyl groups is 1. The van der Waals surface area contributed by atoms with Crippen molar-refractivity contribution in [2.45, 2.75) is 62.9 Å². The zero-order valence-corrected chi connectivity index (χ0v) is 27.4. The summed E-state index contributed by atoms with van der Waals surface area (Å²) in [6.07, 6.45) is -5.03. The van der Waals surface area contributed by atoms with Crippen LogP contribution in [0.5, 0.6) is 5.75 Å². The Morgan fingerprint density at radius 2 is 1.96 bits per heavy atom. The van der Waals surface area contributed by atoms with Crippen molar-refractivity contribution in [2.24, 2.45) is 5.92 Å². The molecule has 18 heteroatoms. The van der Waals surface area contributed by atoms with E-state index in [0.717, 1.165) is 6.07 Å². The van der Waals surface area contributed by atoms with Crippen LogP contribution in [0.25, 0.3) is 11.2 Å². The number of aromatic nitrogens is 4. The maximum atomic E-state index is 14.4. The molecule has 6 rings (SSSR count). The number of alkyl halides is 3. The highest BCUT2D eigenvalue weighted by Gasteiger charge is 2.52. The number of nitrogens with one attached hydrogen (secondary N) is 3. The van der Waals surface area contributed by atoms with Crippen LogP contribution in [0.4, 0.5) is 19.0 Å². The third kappa shape index (κ3) is 6.78. The van der Waals surface area contributed by atoms with Gasteiger partial charge in [-0.15, -0.1) is 0 Å². The van der Waals surface area contributed by atoms with Crippen LogP contribution in [0.15, 0.2) is 54.9 Å². The van der Waals surface area contributed by atoms with Crippen LogP contribution in [0.3, 0.4) is 0 Å². The number of rotatable bonds is 12. The summed E-state index contributed by atoms with van der Waals surface area (Å²) in [7, 11) is -2.74. The van der Waals surface area contributed by atoms with E-state index in [9.17, 15) is 27.6 Å². The van der Waals surface area contributed by atoms with Gasteiger partial charge >= 0.3 is 19.9 Å². The number of hydrogen-bond donors (Lipinski definition) is 4. The van der Waals surface area contributed by atoms with E-state index < -0.39 is 68.6 Å². The SMILES string of the molecule is CNc1[nH]nc2c1ncn2C1OC(COP(=O)(NC2(C(=O)OCc3ccccc3C(F)(F)F)CCC2)Oc2ccc(Cl)cc2)[C@@H](O)C1C. The number of hydrogen-bond acceptors (Lipinski definition) is 10. The van der Waals surface area contributed by atoms with E-state index in [1.165, 1.54) is 42.5 Å². The number of carbonyl (C=O) groups is 1. The zero-order chi connectivity index (χ0) is 34.3. The number of imidazole rings is 1. The number of benzene rings is 2. The quantitative estimate of drug-likeness (QED) is 0.103. The van der Waals surface area contributed by atoms with E-state index >= 15 is 0 Å². The number of aromatic amines is 1.